The monoisotopic (exact) mass is 299 g/mol. The average Bonchev–Trinajstić information content (AvgIpc) is 2.93. The Kier molecular flexibility index (Phi) is 3.18. The number of nitrogens with two attached hydrogens (primary N) is 1. The van der Waals surface area contributed by atoms with E-state index in [0.29, 0.717) is 11.2 Å². The van der Waals surface area contributed by atoms with Crippen molar-refractivity contribution in [2.24, 2.45) is 0 Å². The summed E-state index contributed by atoms with van der Waals surface area (Å²) >= 11 is 4.95. The zero-order valence-electron chi connectivity index (χ0n) is 10.2. The first-order valence-corrected chi connectivity index (χ1v) is 6.28. The van der Waals surface area contributed by atoms with Crippen LogP contribution in [-0.2, 0) is 4.74 Å². The number of ether oxygens (including phenoxy) is 1. The zero-order valence-corrected chi connectivity index (χ0v) is 11.0. The molecule has 10 heteroatoms. The molecule has 3 rings (SSSR count). The first-order chi connectivity index (χ1) is 9.52. The number of aliphatic hydroxyl groups excluding tert-OH is 3. The Morgan fingerprint density at radius 3 is 2.85 bits per heavy atom. The Hall–Kier alpha value is -1.59. The first-order valence-electron chi connectivity index (χ1n) is 5.87. The maximum Gasteiger partial charge on any atom is 0.200 e. The number of aromatic nitrogens is 4. The third kappa shape index (κ3) is 1.89. The van der Waals surface area contributed by atoms with Crippen LogP contribution in [0.4, 0.5) is 5.82 Å². The number of nitrogens with zero attached hydrogens (tertiary/aromatic N) is 3. The highest BCUT2D eigenvalue weighted by Crippen LogP contribution is 2.31. The molecule has 3 heterocycles. The number of aromatic amines is 1. The summed E-state index contributed by atoms with van der Waals surface area (Å²) in [5, 5.41) is 28.9. The van der Waals surface area contributed by atoms with Gasteiger partial charge in [0.05, 0.1) is 12.9 Å². The lowest BCUT2D eigenvalue weighted by Crippen LogP contribution is -2.33. The van der Waals surface area contributed by atoms with Crippen molar-refractivity contribution in [3.63, 3.8) is 0 Å². The van der Waals surface area contributed by atoms with E-state index in [1.54, 1.807) is 0 Å². The fourth-order valence-corrected chi connectivity index (χ4v) is 2.45. The molecule has 0 aliphatic carbocycles. The number of aliphatic hydroxyl groups is 3. The molecule has 1 saturated heterocycles. The van der Waals surface area contributed by atoms with E-state index >= 15 is 0 Å². The summed E-state index contributed by atoms with van der Waals surface area (Å²) in [6.45, 7) is -0.406. The molecule has 0 saturated carbocycles. The van der Waals surface area contributed by atoms with E-state index < -0.39 is 31.1 Å². The van der Waals surface area contributed by atoms with E-state index in [1.807, 2.05) is 0 Å². The molecule has 4 atom stereocenters. The quantitative estimate of drug-likeness (QED) is 0.430. The van der Waals surface area contributed by atoms with Gasteiger partial charge in [-0.05, 0) is 12.2 Å². The number of nitrogen functional groups attached to an aromatic ring is 1. The lowest BCUT2D eigenvalue weighted by Gasteiger charge is -2.16. The van der Waals surface area contributed by atoms with Crippen molar-refractivity contribution in [2.45, 2.75) is 24.5 Å². The van der Waals surface area contributed by atoms with Crippen molar-refractivity contribution in [3.8, 4) is 0 Å². The number of imidazole rings is 1. The van der Waals surface area contributed by atoms with Gasteiger partial charge in [0.2, 0.25) is 0 Å². The van der Waals surface area contributed by atoms with Crippen molar-refractivity contribution in [3.05, 3.63) is 11.1 Å². The highest BCUT2D eigenvalue weighted by Gasteiger charge is 2.43. The van der Waals surface area contributed by atoms with E-state index in [2.05, 4.69) is 15.0 Å². The minimum absolute atomic E-state index is 0.170. The molecule has 2 aromatic heterocycles. The highest BCUT2D eigenvalue weighted by atomic mass is 32.1. The summed E-state index contributed by atoms with van der Waals surface area (Å²) < 4.78 is 7.01. The molecule has 108 valence electrons. The Morgan fingerprint density at radius 1 is 1.45 bits per heavy atom. The van der Waals surface area contributed by atoms with Gasteiger partial charge in [-0.3, -0.25) is 4.57 Å². The number of nitrogens with one attached hydrogen (secondary N) is 1. The number of rotatable bonds is 2. The standard InChI is InChI=1S/C10H13N5O4S/c11-7-4-8(14-10(20)13-7)15(2-12-4)9-6(18)5(17)3(1-16)19-9/h2-3,5-6,9,16-18H,1H2,(H3,11,13,14,20)/t3-,5?,6+,9-/m1/s1. The third-order valence-corrected chi connectivity index (χ3v) is 3.46. The van der Waals surface area contributed by atoms with Gasteiger partial charge in [-0.2, -0.15) is 4.98 Å². The van der Waals surface area contributed by atoms with Crippen LogP contribution in [0.15, 0.2) is 6.33 Å². The van der Waals surface area contributed by atoms with Crippen molar-refractivity contribution < 1.29 is 20.1 Å². The summed E-state index contributed by atoms with van der Waals surface area (Å²) in [5.74, 6) is 0.255. The maximum absolute atomic E-state index is 10.0. The molecular weight excluding hydrogens is 286 g/mol. The van der Waals surface area contributed by atoms with Crippen LogP contribution in [-0.4, -0.2) is 59.8 Å². The van der Waals surface area contributed by atoms with Crippen molar-refractivity contribution in [1.29, 1.82) is 0 Å². The maximum atomic E-state index is 10.0. The Morgan fingerprint density at radius 2 is 2.20 bits per heavy atom. The average molecular weight is 299 g/mol. The first kappa shape index (κ1) is 13.4. The number of H-pyrrole nitrogens is 1. The minimum atomic E-state index is -1.22. The summed E-state index contributed by atoms with van der Waals surface area (Å²) in [5.41, 5.74) is 6.47. The van der Waals surface area contributed by atoms with Gasteiger partial charge in [0.25, 0.3) is 0 Å². The van der Waals surface area contributed by atoms with E-state index in [4.69, 9.17) is 27.8 Å². The molecule has 9 nitrogen and oxygen atoms in total. The lowest BCUT2D eigenvalue weighted by atomic mass is 10.1. The van der Waals surface area contributed by atoms with Crippen LogP contribution in [0.25, 0.3) is 11.2 Å². The summed E-state index contributed by atoms with van der Waals surface area (Å²) in [7, 11) is 0. The SMILES string of the molecule is Nc1[nH]c(=S)nc2c1ncn2[C@@H]1O[C@H](CO)C(O)[C@@H]1O. The third-order valence-electron chi connectivity index (χ3n) is 3.26. The predicted molar refractivity (Wildman–Crippen MR) is 70.1 cm³/mol. The number of fused-ring (bicyclic) bond motifs is 1. The zero-order chi connectivity index (χ0) is 14.4. The topological polar surface area (TPSA) is 142 Å². The molecule has 1 aliphatic heterocycles. The van der Waals surface area contributed by atoms with Crippen molar-refractivity contribution in [1.82, 2.24) is 19.5 Å². The Labute approximate surface area is 117 Å². The largest absolute Gasteiger partial charge is 0.394 e. The Balaban J connectivity index is 2.09. The normalized spacial score (nSPS) is 30.1. The van der Waals surface area contributed by atoms with Crippen LogP contribution < -0.4 is 5.73 Å². The van der Waals surface area contributed by atoms with Gasteiger partial charge in [0.15, 0.2) is 16.6 Å². The molecule has 20 heavy (non-hydrogen) atoms. The van der Waals surface area contributed by atoms with E-state index in [0.717, 1.165) is 0 Å². The molecular formula is C10H13N5O4S. The molecule has 1 fully saturated rings. The van der Waals surface area contributed by atoms with E-state index in [9.17, 15) is 10.2 Å². The fraction of sp³-hybridized carbons (Fsp3) is 0.500. The molecule has 1 unspecified atom stereocenters. The lowest BCUT2D eigenvalue weighted by molar-refractivity contribution is -0.0511. The molecule has 0 radical (unpaired) electrons. The number of anilines is 1. The van der Waals surface area contributed by atoms with Gasteiger partial charge in [-0.15, -0.1) is 0 Å². The number of hydrogen-bond donors (Lipinski definition) is 5. The molecule has 0 bridgehead atoms. The van der Waals surface area contributed by atoms with Crippen LogP contribution >= 0.6 is 12.2 Å². The highest BCUT2D eigenvalue weighted by molar-refractivity contribution is 7.71. The van der Waals surface area contributed by atoms with E-state index in [-0.39, 0.29) is 10.6 Å². The van der Waals surface area contributed by atoms with Crippen LogP contribution in [0.3, 0.4) is 0 Å². The van der Waals surface area contributed by atoms with Gasteiger partial charge < -0.3 is 30.8 Å². The van der Waals surface area contributed by atoms with Gasteiger partial charge in [-0.25, -0.2) is 4.98 Å². The molecule has 0 aromatic carbocycles. The predicted octanol–water partition coefficient (Wildman–Crippen LogP) is -1.32. The summed E-state index contributed by atoms with van der Waals surface area (Å²) in [4.78, 5) is 10.8. The molecule has 2 aromatic rings. The second-order valence-corrected chi connectivity index (χ2v) is 4.90. The second-order valence-electron chi connectivity index (χ2n) is 4.51. The number of hydrogen-bond acceptors (Lipinski definition) is 8. The minimum Gasteiger partial charge on any atom is -0.394 e. The molecule has 6 N–H and O–H groups in total. The summed E-state index contributed by atoms with van der Waals surface area (Å²) in [6.07, 6.45) is -2.82. The van der Waals surface area contributed by atoms with Crippen LogP contribution in [0.1, 0.15) is 6.23 Å². The molecule has 0 spiro atoms. The van der Waals surface area contributed by atoms with Crippen molar-refractivity contribution in [2.75, 3.05) is 12.3 Å². The fourth-order valence-electron chi connectivity index (χ4n) is 2.25. The van der Waals surface area contributed by atoms with Crippen LogP contribution in [0.5, 0.6) is 0 Å². The van der Waals surface area contributed by atoms with Gasteiger partial charge >= 0.3 is 0 Å². The van der Waals surface area contributed by atoms with Gasteiger partial charge in [-0.1, -0.05) is 0 Å². The van der Waals surface area contributed by atoms with Gasteiger partial charge in [0.1, 0.15) is 29.6 Å². The second kappa shape index (κ2) is 4.75. The molecule has 0 amide bonds. The Bertz CT molecular complexity index is 701. The van der Waals surface area contributed by atoms with Crippen LogP contribution in [0, 0.1) is 4.77 Å². The molecule has 1 aliphatic rings. The van der Waals surface area contributed by atoms with Crippen LogP contribution in [0.2, 0.25) is 0 Å². The van der Waals surface area contributed by atoms with Gasteiger partial charge in [0, 0.05) is 0 Å². The van der Waals surface area contributed by atoms with E-state index in [1.165, 1.54) is 10.9 Å². The van der Waals surface area contributed by atoms with Crippen molar-refractivity contribution >= 4 is 29.2 Å². The smallest absolute Gasteiger partial charge is 0.200 e. The summed E-state index contributed by atoms with van der Waals surface area (Å²) in [6, 6.07) is 0.